The normalized spacial score (nSPS) is 11.5. The lowest BCUT2D eigenvalue weighted by Crippen LogP contribution is -2.14. The van der Waals surface area contributed by atoms with E-state index in [1.54, 1.807) is 6.92 Å². The maximum Gasteiger partial charge on any atom is 0.303 e. The van der Waals surface area contributed by atoms with E-state index in [0.29, 0.717) is 6.42 Å². The summed E-state index contributed by atoms with van der Waals surface area (Å²) in [4.78, 5) is 10.6. The van der Waals surface area contributed by atoms with E-state index in [1.807, 2.05) is 25.1 Å². The summed E-state index contributed by atoms with van der Waals surface area (Å²) in [7, 11) is -3.38. The van der Waals surface area contributed by atoms with E-state index >= 15 is 0 Å². The quantitative estimate of drug-likeness (QED) is 0.879. The Labute approximate surface area is 129 Å². The maximum absolute atomic E-state index is 11.8. The highest BCUT2D eigenvalue weighted by molar-refractivity contribution is 7.89. The Balaban J connectivity index is 2.28. The van der Waals surface area contributed by atoms with Gasteiger partial charge < -0.3 is 5.11 Å². The fourth-order valence-electron chi connectivity index (χ4n) is 2.18. The van der Waals surface area contributed by atoms with E-state index in [9.17, 15) is 13.2 Å². The molecule has 0 spiro atoms. The highest BCUT2D eigenvalue weighted by Gasteiger charge is 2.13. The summed E-state index contributed by atoms with van der Waals surface area (Å²) in [5.74, 6) is -0.839. The van der Waals surface area contributed by atoms with Gasteiger partial charge in [-0.3, -0.25) is 4.79 Å². The lowest BCUT2D eigenvalue weighted by molar-refractivity contribution is -0.136. The molecule has 1 heterocycles. The number of aryl methyl sites for hydroxylation is 2. The van der Waals surface area contributed by atoms with Crippen LogP contribution in [0.3, 0.4) is 0 Å². The second kappa shape index (κ2) is 6.31. The van der Waals surface area contributed by atoms with Crippen LogP contribution in [0.2, 0.25) is 0 Å². The predicted molar refractivity (Wildman–Crippen MR) is 83.2 cm³/mol. The van der Waals surface area contributed by atoms with Gasteiger partial charge in [-0.1, -0.05) is 18.2 Å². The van der Waals surface area contributed by atoms with E-state index < -0.39 is 16.0 Å². The monoisotopic (exact) mass is 322 g/mol. The van der Waals surface area contributed by atoms with Crippen LogP contribution in [-0.4, -0.2) is 34.4 Å². The van der Waals surface area contributed by atoms with Crippen LogP contribution in [0, 0.1) is 6.92 Å². The molecule has 2 aromatic rings. The standard InChI is InChI=1S/C15H18N2O4S/c1-3-22(20,21)17-10-13(9-16-17)14-6-4-12(8-11(14)2)5-7-15(18)19/h4,6,8-10H,3,5,7H2,1-2H3,(H,18,19). The van der Waals surface area contributed by atoms with E-state index in [4.69, 9.17) is 5.11 Å². The zero-order chi connectivity index (χ0) is 16.3. The SMILES string of the molecule is CCS(=O)(=O)n1cc(-c2ccc(CCC(=O)O)cc2C)cn1. The fourth-order valence-corrected chi connectivity index (χ4v) is 2.91. The largest absolute Gasteiger partial charge is 0.481 e. The Morgan fingerprint density at radius 3 is 2.68 bits per heavy atom. The molecule has 2 rings (SSSR count). The van der Waals surface area contributed by atoms with E-state index in [-0.39, 0.29) is 12.2 Å². The van der Waals surface area contributed by atoms with Crippen LogP contribution in [0.25, 0.3) is 11.1 Å². The molecule has 0 saturated carbocycles. The van der Waals surface area contributed by atoms with Gasteiger partial charge in [0.05, 0.1) is 18.1 Å². The smallest absolute Gasteiger partial charge is 0.303 e. The van der Waals surface area contributed by atoms with Gasteiger partial charge >= 0.3 is 5.97 Å². The summed E-state index contributed by atoms with van der Waals surface area (Å²) < 4.78 is 24.5. The van der Waals surface area contributed by atoms with E-state index in [1.165, 1.54) is 12.4 Å². The molecule has 0 radical (unpaired) electrons. The number of hydrogen-bond donors (Lipinski definition) is 1. The molecule has 0 fully saturated rings. The first-order chi connectivity index (χ1) is 10.3. The lowest BCUT2D eigenvalue weighted by Gasteiger charge is -2.06. The van der Waals surface area contributed by atoms with Crippen molar-refractivity contribution in [2.75, 3.05) is 5.75 Å². The average Bonchev–Trinajstić information content (AvgIpc) is 2.95. The van der Waals surface area contributed by atoms with Crippen molar-refractivity contribution >= 4 is 16.0 Å². The Kier molecular flexibility index (Phi) is 4.65. The number of aliphatic carboxylic acids is 1. The van der Waals surface area contributed by atoms with Gasteiger partial charge in [0.15, 0.2) is 0 Å². The topological polar surface area (TPSA) is 89.3 Å². The van der Waals surface area contributed by atoms with Crippen molar-refractivity contribution in [3.63, 3.8) is 0 Å². The van der Waals surface area contributed by atoms with Crippen molar-refractivity contribution in [2.45, 2.75) is 26.7 Å². The van der Waals surface area contributed by atoms with Gasteiger partial charge in [0.1, 0.15) is 0 Å². The van der Waals surface area contributed by atoms with Crippen LogP contribution in [0.5, 0.6) is 0 Å². The summed E-state index contributed by atoms with van der Waals surface area (Å²) in [5, 5.41) is 12.6. The molecule has 7 heteroatoms. The molecule has 0 amide bonds. The molecule has 0 unspecified atom stereocenters. The number of rotatable bonds is 6. The summed E-state index contributed by atoms with van der Waals surface area (Å²) in [6.07, 6.45) is 3.58. The molecule has 1 aromatic carbocycles. The minimum atomic E-state index is -3.38. The number of carboxylic acid groups (broad SMARTS) is 1. The van der Waals surface area contributed by atoms with E-state index in [0.717, 1.165) is 26.3 Å². The lowest BCUT2D eigenvalue weighted by atomic mass is 9.99. The minimum absolute atomic E-state index is 0.0127. The van der Waals surface area contributed by atoms with Crippen LogP contribution >= 0.6 is 0 Å². The first-order valence-corrected chi connectivity index (χ1v) is 8.54. The van der Waals surface area contributed by atoms with Gasteiger partial charge in [0, 0.05) is 12.0 Å². The Hall–Kier alpha value is -2.15. The second-order valence-electron chi connectivity index (χ2n) is 5.05. The van der Waals surface area contributed by atoms with Crippen molar-refractivity contribution in [3.05, 3.63) is 41.7 Å². The van der Waals surface area contributed by atoms with Crippen molar-refractivity contribution in [1.29, 1.82) is 0 Å². The van der Waals surface area contributed by atoms with Gasteiger partial charge in [-0.05, 0) is 37.0 Å². The maximum atomic E-state index is 11.8. The molecule has 0 saturated heterocycles. The molecule has 0 atom stereocenters. The molecular weight excluding hydrogens is 304 g/mol. The third-order valence-electron chi connectivity index (χ3n) is 3.44. The first kappa shape index (κ1) is 16.2. The van der Waals surface area contributed by atoms with Crippen molar-refractivity contribution in [2.24, 2.45) is 0 Å². The van der Waals surface area contributed by atoms with Crippen molar-refractivity contribution in [1.82, 2.24) is 9.19 Å². The van der Waals surface area contributed by atoms with Crippen molar-refractivity contribution in [3.8, 4) is 11.1 Å². The molecule has 22 heavy (non-hydrogen) atoms. The minimum Gasteiger partial charge on any atom is -0.481 e. The van der Waals surface area contributed by atoms with Crippen LogP contribution in [-0.2, 0) is 21.2 Å². The average molecular weight is 322 g/mol. The van der Waals surface area contributed by atoms with Gasteiger partial charge in [-0.25, -0.2) is 8.42 Å². The van der Waals surface area contributed by atoms with Gasteiger partial charge in [0.25, 0.3) is 10.0 Å². The Bertz CT molecular complexity index is 794. The molecule has 0 aliphatic carbocycles. The van der Waals surface area contributed by atoms with E-state index in [2.05, 4.69) is 5.10 Å². The van der Waals surface area contributed by atoms with Crippen molar-refractivity contribution < 1.29 is 18.3 Å². The van der Waals surface area contributed by atoms with Gasteiger partial charge in [-0.15, -0.1) is 0 Å². The fraction of sp³-hybridized carbons (Fsp3) is 0.333. The molecule has 6 nitrogen and oxygen atoms in total. The number of carboxylic acids is 1. The number of hydrogen-bond acceptors (Lipinski definition) is 4. The van der Waals surface area contributed by atoms with Crippen LogP contribution in [0.15, 0.2) is 30.6 Å². The third kappa shape index (κ3) is 3.54. The summed E-state index contributed by atoms with van der Waals surface area (Å²) in [6, 6.07) is 5.65. The van der Waals surface area contributed by atoms with Crippen LogP contribution < -0.4 is 0 Å². The zero-order valence-corrected chi connectivity index (χ0v) is 13.3. The number of carbonyl (C=O) groups is 1. The zero-order valence-electron chi connectivity index (χ0n) is 12.5. The number of nitrogens with zero attached hydrogens (tertiary/aromatic N) is 2. The molecular formula is C15H18N2O4S. The molecule has 0 bridgehead atoms. The van der Waals surface area contributed by atoms with Gasteiger partial charge in [-0.2, -0.15) is 9.19 Å². The van der Waals surface area contributed by atoms with Crippen LogP contribution in [0.1, 0.15) is 24.5 Å². The third-order valence-corrected chi connectivity index (χ3v) is 4.94. The highest BCUT2D eigenvalue weighted by Crippen LogP contribution is 2.24. The molecule has 0 aliphatic rings. The summed E-state index contributed by atoms with van der Waals surface area (Å²) in [6.45, 7) is 3.48. The highest BCUT2D eigenvalue weighted by atomic mass is 32.2. The van der Waals surface area contributed by atoms with Crippen LogP contribution in [0.4, 0.5) is 0 Å². The summed E-state index contributed by atoms with van der Waals surface area (Å²) >= 11 is 0. The second-order valence-corrected chi connectivity index (χ2v) is 7.16. The molecule has 1 N–H and O–H groups in total. The first-order valence-electron chi connectivity index (χ1n) is 6.93. The summed E-state index contributed by atoms with van der Waals surface area (Å²) in [5.41, 5.74) is 3.50. The molecule has 1 aromatic heterocycles. The Morgan fingerprint density at radius 2 is 2.09 bits per heavy atom. The number of aromatic nitrogens is 2. The Morgan fingerprint density at radius 1 is 1.36 bits per heavy atom. The van der Waals surface area contributed by atoms with Gasteiger partial charge in [0.2, 0.25) is 0 Å². The predicted octanol–water partition coefficient (Wildman–Crippen LogP) is 2.07. The molecule has 118 valence electrons. The number of benzene rings is 1. The molecule has 0 aliphatic heterocycles.